The quantitative estimate of drug-likeness (QED) is 0.194. The summed E-state index contributed by atoms with van der Waals surface area (Å²) in [5, 5.41) is 6.20. The van der Waals surface area contributed by atoms with E-state index in [2.05, 4.69) is 163 Å². The van der Waals surface area contributed by atoms with Crippen molar-refractivity contribution in [1.82, 2.24) is 4.98 Å². The second-order valence-corrected chi connectivity index (χ2v) is 12.8. The van der Waals surface area contributed by atoms with E-state index in [1.165, 1.54) is 58.6 Å². The van der Waals surface area contributed by atoms with E-state index in [0.29, 0.717) is 0 Å². The summed E-state index contributed by atoms with van der Waals surface area (Å²) >= 11 is 1.79. The summed E-state index contributed by atoms with van der Waals surface area (Å²) in [6.07, 6.45) is 1.88. The zero-order chi connectivity index (χ0) is 30.5. The van der Waals surface area contributed by atoms with Crippen molar-refractivity contribution in [2.45, 2.75) is 0 Å². The van der Waals surface area contributed by atoms with Gasteiger partial charge in [0.15, 0.2) is 0 Å². The maximum Gasteiger partial charge on any atom is 0.0889 e. The number of nitrogens with zero attached hydrogens (tertiary/aromatic N) is 2. The molecule has 2 aromatic heterocycles. The van der Waals surface area contributed by atoms with Crippen LogP contribution in [0.2, 0.25) is 0 Å². The van der Waals surface area contributed by atoms with Crippen molar-refractivity contribution in [3.8, 4) is 22.3 Å². The minimum Gasteiger partial charge on any atom is -0.310 e. The van der Waals surface area contributed by atoms with Crippen LogP contribution in [0.1, 0.15) is 0 Å². The number of rotatable bonds is 5. The third-order valence-corrected chi connectivity index (χ3v) is 10.0. The minimum atomic E-state index is 1.06. The van der Waals surface area contributed by atoms with Gasteiger partial charge in [0.2, 0.25) is 0 Å². The van der Waals surface area contributed by atoms with E-state index in [1.807, 2.05) is 12.3 Å². The average Bonchev–Trinajstić information content (AvgIpc) is 3.50. The molecule has 0 spiro atoms. The molecule has 0 aliphatic rings. The number of hydrogen-bond acceptors (Lipinski definition) is 3. The lowest BCUT2D eigenvalue weighted by atomic mass is 10.00. The second-order valence-electron chi connectivity index (χ2n) is 11.7. The monoisotopic (exact) mass is 604 g/mol. The first kappa shape index (κ1) is 26.6. The lowest BCUT2D eigenvalue weighted by Gasteiger charge is -2.26. The Kier molecular flexibility index (Phi) is 6.36. The van der Waals surface area contributed by atoms with Crippen LogP contribution < -0.4 is 4.90 Å². The molecule has 7 aromatic carbocycles. The van der Waals surface area contributed by atoms with Gasteiger partial charge in [-0.05, 0) is 111 Å². The van der Waals surface area contributed by atoms with Crippen LogP contribution in [-0.2, 0) is 0 Å². The third kappa shape index (κ3) is 4.70. The minimum absolute atomic E-state index is 1.06. The van der Waals surface area contributed by atoms with E-state index in [0.717, 1.165) is 22.6 Å². The summed E-state index contributed by atoms with van der Waals surface area (Å²) in [7, 11) is 0. The summed E-state index contributed by atoms with van der Waals surface area (Å²) < 4.78 is 2.45. The van der Waals surface area contributed by atoms with Crippen LogP contribution in [0.25, 0.3) is 64.1 Å². The van der Waals surface area contributed by atoms with Crippen molar-refractivity contribution >= 4 is 70.2 Å². The fourth-order valence-electron chi connectivity index (χ4n) is 6.52. The lowest BCUT2D eigenvalue weighted by molar-refractivity contribution is 1.29. The number of benzene rings is 7. The molecular formula is C43H28N2S. The van der Waals surface area contributed by atoms with Gasteiger partial charge in [0, 0.05) is 33.3 Å². The standard InChI is InChI=1S/C43H28N2S/c1-3-8-33-26-35(13-11-29(33)6-1)31-15-19-37(20-16-31)45(39-23-24-41-40(28-39)43-42(46-41)10-5-25-44-43)38-21-17-32(18-22-38)36-14-12-30-7-2-4-9-34(30)27-36/h1-28H. The Morgan fingerprint density at radius 2 is 0.913 bits per heavy atom. The van der Waals surface area contributed by atoms with Crippen LogP contribution in [0.5, 0.6) is 0 Å². The SMILES string of the molecule is c1ccc2cc(-c3ccc(N(c4ccc(-c5ccc6ccccc6c5)cc4)c4ccc5sc6cccnc6c5c4)cc3)ccc2c1. The molecule has 2 nitrogen and oxygen atoms in total. The van der Waals surface area contributed by atoms with Crippen LogP contribution >= 0.6 is 11.3 Å². The highest BCUT2D eigenvalue weighted by atomic mass is 32.1. The van der Waals surface area contributed by atoms with Crippen molar-refractivity contribution in [3.63, 3.8) is 0 Å². The molecule has 0 atom stereocenters. The molecule has 46 heavy (non-hydrogen) atoms. The lowest BCUT2D eigenvalue weighted by Crippen LogP contribution is -2.09. The zero-order valence-corrected chi connectivity index (χ0v) is 25.8. The number of fused-ring (bicyclic) bond motifs is 5. The van der Waals surface area contributed by atoms with Gasteiger partial charge in [-0.3, -0.25) is 4.98 Å². The summed E-state index contributed by atoms with van der Waals surface area (Å²) in [5.74, 6) is 0. The fourth-order valence-corrected chi connectivity index (χ4v) is 7.56. The molecule has 0 bridgehead atoms. The van der Waals surface area contributed by atoms with E-state index in [9.17, 15) is 0 Å². The molecule has 0 aliphatic heterocycles. The molecular weight excluding hydrogens is 577 g/mol. The molecule has 9 aromatic rings. The predicted molar refractivity (Wildman–Crippen MR) is 198 cm³/mol. The molecule has 0 aliphatic carbocycles. The highest BCUT2D eigenvalue weighted by molar-refractivity contribution is 7.25. The van der Waals surface area contributed by atoms with E-state index in [4.69, 9.17) is 4.98 Å². The van der Waals surface area contributed by atoms with E-state index >= 15 is 0 Å². The van der Waals surface area contributed by atoms with Crippen LogP contribution in [-0.4, -0.2) is 4.98 Å². The van der Waals surface area contributed by atoms with Gasteiger partial charge in [-0.1, -0.05) is 97.1 Å². The Hall–Kier alpha value is -5.77. The van der Waals surface area contributed by atoms with Crippen molar-refractivity contribution in [3.05, 3.63) is 170 Å². The first-order chi connectivity index (χ1) is 22.8. The van der Waals surface area contributed by atoms with Crippen LogP contribution in [0.4, 0.5) is 17.1 Å². The smallest absolute Gasteiger partial charge is 0.0889 e. The van der Waals surface area contributed by atoms with Crippen molar-refractivity contribution in [1.29, 1.82) is 0 Å². The van der Waals surface area contributed by atoms with E-state index in [1.54, 1.807) is 11.3 Å². The fraction of sp³-hybridized carbons (Fsp3) is 0. The summed E-state index contributed by atoms with van der Waals surface area (Å²) in [6.45, 7) is 0. The Morgan fingerprint density at radius 3 is 1.50 bits per heavy atom. The number of hydrogen-bond donors (Lipinski definition) is 0. The molecule has 0 saturated carbocycles. The summed E-state index contributed by atoms with van der Waals surface area (Å²) in [5.41, 5.74) is 9.21. The molecule has 2 heterocycles. The largest absolute Gasteiger partial charge is 0.310 e. The van der Waals surface area contributed by atoms with E-state index in [-0.39, 0.29) is 0 Å². The predicted octanol–water partition coefficient (Wildman–Crippen LogP) is 12.6. The molecule has 216 valence electrons. The highest BCUT2D eigenvalue weighted by Gasteiger charge is 2.16. The molecule has 3 heteroatoms. The summed E-state index contributed by atoms with van der Waals surface area (Å²) in [6, 6.07) is 59.2. The molecule has 0 fully saturated rings. The first-order valence-corrected chi connectivity index (χ1v) is 16.3. The zero-order valence-electron chi connectivity index (χ0n) is 25.0. The van der Waals surface area contributed by atoms with E-state index < -0.39 is 0 Å². The van der Waals surface area contributed by atoms with Crippen molar-refractivity contribution < 1.29 is 0 Å². The van der Waals surface area contributed by atoms with Crippen molar-refractivity contribution in [2.75, 3.05) is 4.90 Å². The maximum atomic E-state index is 4.74. The maximum absolute atomic E-state index is 4.74. The molecule has 0 saturated heterocycles. The molecule has 0 radical (unpaired) electrons. The topological polar surface area (TPSA) is 16.1 Å². The first-order valence-electron chi connectivity index (χ1n) is 15.5. The Morgan fingerprint density at radius 1 is 0.391 bits per heavy atom. The van der Waals surface area contributed by atoms with Gasteiger partial charge in [-0.25, -0.2) is 0 Å². The van der Waals surface area contributed by atoms with Crippen LogP contribution in [0.3, 0.4) is 0 Å². The molecule has 0 amide bonds. The molecule has 9 rings (SSSR count). The Bertz CT molecular complexity index is 2410. The van der Waals surface area contributed by atoms with Crippen molar-refractivity contribution in [2.24, 2.45) is 0 Å². The van der Waals surface area contributed by atoms with Gasteiger partial charge in [0.25, 0.3) is 0 Å². The number of pyridine rings is 1. The van der Waals surface area contributed by atoms with Gasteiger partial charge in [-0.15, -0.1) is 11.3 Å². The highest BCUT2D eigenvalue weighted by Crippen LogP contribution is 2.41. The Labute approximate surface area is 271 Å². The molecule has 0 unspecified atom stereocenters. The van der Waals surface area contributed by atoms with Gasteiger partial charge < -0.3 is 4.90 Å². The normalized spacial score (nSPS) is 11.5. The number of anilines is 3. The van der Waals surface area contributed by atoms with Gasteiger partial charge in [-0.2, -0.15) is 0 Å². The van der Waals surface area contributed by atoms with Crippen LogP contribution in [0, 0.1) is 0 Å². The second kappa shape index (κ2) is 11.0. The van der Waals surface area contributed by atoms with Gasteiger partial charge in [0.05, 0.1) is 10.2 Å². The molecule has 0 N–H and O–H groups in total. The summed E-state index contributed by atoms with van der Waals surface area (Å²) in [4.78, 5) is 7.09. The Balaban J connectivity index is 1.14. The van der Waals surface area contributed by atoms with Gasteiger partial charge >= 0.3 is 0 Å². The number of thiophene rings is 1. The average molecular weight is 605 g/mol. The van der Waals surface area contributed by atoms with Gasteiger partial charge in [0.1, 0.15) is 0 Å². The third-order valence-electron chi connectivity index (χ3n) is 8.88. The number of aromatic nitrogens is 1. The van der Waals surface area contributed by atoms with Crippen LogP contribution in [0.15, 0.2) is 170 Å².